The second kappa shape index (κ2) is 4.53. The van der Waals surface area contributed by atoms with Crippen molar-refractivity contribution < 1.29 is 14.6 Å². The molecule has 3 rings (SSSR count). The number of aliphatic hydroxyl groups excluding tert-OH is 1. The normalized spacial score (nSPS) is 17.7. The first kappa shape index (κ1) is 10.3. The molecule has 1 heterocycles. The van der Waals surface area contributed by atoms with E-state index in [0.717, 1.165) is 24.5 Å². The first-order valence-electron chi connectivity index (χ1n) is 5.28. The maximum atomic E-state index is 7.00. The van der Waals surface area contributed by atoms with Crippen LogP contribution in [0.4, 0.5) is 0 Å². The van der Waals surface area contributed by atoms with Crippen LogP contribution in [0, 0.1) is 0 Å². The van der Waals surface area contributed by atoms with E-state index in [0.29, 0.717) is 13.2 Å². The number of hydrogen-bond acceptors (Lipinski definition) is 3. The molecule has 3 heteroatoms. The quantitative estimate of drug-likeness (QED) is 0.766. The van der Waals surface area contributed by atoms with Gasteiger partial charge in [0.05, 0.1) is 0 Å². The van der Waals surface area contributed by atoms with Crippen molar-refractivity contribution in [3.05, 3.63) is 23.8 Å². The molecule has 1 aromatic rings. The molecule has 0 radical (unpaired) electrons. The molecule has 1 saturated carbocycles. The molecule has 2 aliphatic rings. The van der Waals surface area contributed by atoms with Crippen molar-refractivity contribution in [3.63, 3.8) is 0 Å². The largest absolute Gasteiger partial charge is 0.486 e. The molecule has 1 aliphatic heterocycles. The van der Waals surface area contributed by atoms with Crippen LogP contribution in [0.1, 0.15) is 24.3 Å². The minimum Gasteiger partial charge on any atom is -0.486 e. The minimum absolute atomic E-state index is 0.682. The van der Waals surface area contributed by atoms with Crippen molar-refractivity contribution in [2.45, 2.75) is 18.8 Å². The number of para-hydroxylation sites is 1. The predicted octanol–water partition coefficient (Wildman–Crippen LogP) is 1.94. The lowest BCUT2D eigenvalue weighted by molar-refractivity contribution is 0.170. The lowest BCUT2D eigenvalue weighted by Crippen LogP contribution is -2.16. The monoisotopic (exact) mass is 208 g/mol. The van der Waals surface area contributed by atoms with Crippen molar-refractivity contribution in [2.75, 3.05) is 20.3 Å². The summed E-state index contributed by atoms with van der Waals surface area (Å²) in [4.78, 5) is 0. The zero-order valence-electron chi connectivity index (χ0n) is 8.90. The molecule has 0 unspecified atom stereocenters. The molecule has 0 saturated heterocycles. The molecule has 0 amide bonds. The van der Waals surface area contributed by atoms with Crippen molar-refractivity contribution in [1.82, 2.24) is 0 Å². The van der Waals surface area contributed by atoms with Gasteiger partial charge in [-0.15, -0.1) is 0 Å². The van der Waals surface area contributed by atoms with E-state index in [1.54, 1.807) is 0 Å². The Hall–Kier alpha value is -1.22. The highest BCUT2D eigenvalue weighted by Gasteiger charge is 2.29. The van der Waals surface area contributed by atoms with E-state index in [1.807, 2.05) is 6.07 Å². The molecule has 1 aromatic carbocycles. The molecule has 0 spiro atoms. The first-order chi connectivity index (χ1) is 7.45. The van der Waals surface area contributed by atoms with Crippen LogP contribution in [0.15, 0.2) is 18.2 Å². The number of aliphatic hydroxyl groups is 1. The standard InChI is InChI=1S/C11H12O2.CH4O/c1-2-9(8-4-5-8)11-10(3-1)12-6-7-13-11;1-2/h1-3,8H,4-7H2;2H,1H3. The molecule has 0 atom stereocenters. The van der Waals surface area contributed by atoms with Gasteiger partial charge in [-0.2, -0.15) is 0 Å². The topological polar surface area (TPSA) is 38.7 Å². The van der Waals surface area contributed by atoms with Crippen LogP contribution in [0.25, 0.3) is 0 Å². The molecule has 15 heavy (non-hydrogen) atoms. The van der Waals surface area contributed by atoms with Crippen LogP contribution in [0.5, 0.6) is 11.5 Å². The Morgan fingerprint density at radius 2 is 1.87 bits per heavy atom. The summed E-state index contributed by atoms with van der Waals surface area (Å²) in [6.07, 6.45) is 2.61. The maximum Gasteiger partial charge on any atom is 0.164 e. The molecule has 82 valence electrons. The van der Waals surface area contributed by atoms with E-state index in [2.05, 4.69) is 12.1 Å². The molecule has 1 N–H and O–H groups in total. The van der Waals surface area contributed by atoms with Crippen LogP contribution in [0.3, 0.4) is 0 Å². The fourth-order valence-electron chi connectivity index (χ4n) is 1.81. The van der Waals surface area contributed by atoms with Gasteiger partial charge in [-0.25, -0.2) is 0 Å². The Kier molecular flexibility index (Phi) is 3.11. The van der Waals surface area contributed by atoms with Crippen molar-refractivity contribution in [2.24, 2.45) is 0 Å². The summed E-state index contributed by atoms with van der Waals surface area (Å²) in [6.45, 7) is 1.37. The number of rotatable bonds is 1. The third kappa shape index (κ3) is 2.07. The van der Waals surface area contributed by atoms with Gasteiger partial charge in [0.25, 0.3) is 0 Å². The molecule has 0 aromatic heterocycles. The number of fused-ring (bicyclic) bond motifs is 1. The second-order valence-corrected chi connectivity index (χ2v) is 3.65. The highest BCUT2D eigenvalue weighted by Crippen LogP contribution is 2.47. The number of benzene rings is 1. The Bertz CT molecular complexity index is 332. The van der Waals surface area contributed by atoms with Crippen LogP contribution >= 0.6 is 0 Å². The summed E-state index contributed by atoms with van der Waals surface area (Å²) in [7, 11) is 1.00. The van der Waals surface area contributed by atoms with Crippen LogP contribution in [-0.2, 0) is 0 Å². The third-order valence-electron chi connectivity index (χ3n) is 2.61. The predicted molar refractivity (Wildman–Crippen MR) is 57.5 cm³/mol. The molecule has 3 nitrogen and oxygen atoms in total. The van der Waals surface area contributed by atoms with Gasteiger partial charge >= 0.3 is 0 Å². The number of hydrogen-bond donors (Lipinski definition) is 1. The molecular formula is C12H16O3. The van der Waals surface area contributed by atoms with Crippen LogP contribution < -0.4 is 9.47 Å². The van der Waals surface area contributed by atoms with Crippen LogP contribution in [-0.4, -0.2) is 25.4 Å². The van der Waals surface area contributed by atoms with E-state index in [4.69, 9.17) is 14.6 Å². The third-order valence-corrected chi connectivity index (χ3v) is 2.61. The van der Waals surface area contributed by atoms with Gasteiger partial charge in [0.15, 0.2) is 11.5 Å². The van der Waals surface area contributed by atoms with Crippen molar-refractivity contribution >= 4 is 0 Å². The average molecular weight is 208 g/mol. The molecule has 0 bridgehead atoms. The van der Waals surface area contributed by atoms with E-state index >= 15 is 0 Å². The minimum atomic E-state index is 0.682. The summed E-state index contributed by atoms with van der Waals surface area (Å²) in [5.74, 6) is 2.66. The average Bonchev–Trinajstić information content (AvgIpc) is 3.15. The zero-order chi connectivity index (χ0) is 10.7. The van der Waals surface area contributed by atoms with Crippen molar-refractivity contribution in [1.29, 1.82) is 0 Å². The molecule has 1 fully saturated rings. The number of ether oxygens (including phenoxy) is 2. The zero-order valence-corrected chi connectivity index (χ0v) is 8.90. The molecular weight excluding hydrogens is 192 g/mol. The second-order valence-electron chi connectivity index (χ2n) is 3.65. The van der Waals surface area contributed by atoms with Gasteiger partial charge < -0.3 is 14.6 Å². The Labute approximate surface area is 89.6 Å². The SMILES string of the molecule is CO.c1cc2c(c(C3CC3)c1)OCCO2. The molecule has 1 aliphatic carbocycles. The van der Waals surface area contributed by atoms with Crippen LogP contribution in [0.2, 0.25) is 0 Å². The first-order valence-corrected chi connectivity index (χ1v) is 5.28. The van der Waals surface area contributed by atoms with E-state index in [9.17, 15) is 0 Å². The van der Waals surface area contributed by atoms with E-state index in [1.165, 1.54) is 18.4 Å². The van der Waals surface area contributed by atoms with Gasteiger partial charge in [0.1, 0.15) is 13.2 Å². The summed E-state index contributed by atoms with van der Waals surface area (Å²) < 4.78 is 11.1. The Morgan fingerprint density at radius 3 is 2.60 bits per heavy atom. The summed E-state index contributed by atoms with van der Waals surface area (Å²) in [6, 6.07) is 6.20. The Balaban J connectivity index is 0.000000404. The van der Waals surface area contributed by atoms with Gasteiger partial charge in [-0.3, -0.25) is 0 Å². The van der Waals surface area contributed by atoms with Crippen molar-refractivity contribution in [3.8, 4) is 11.5 Å². The van der Waals surface area contributed by atoms with E-state index in [-0.39, 0.29) is 0 Å². The summed E-state index contributed by atoms with van der Waals surface area (Å²) >= 11 is 0. The van der Waals surface area contributed by atoms with E-state index < -0.39 is 0 Å². The fourth-order valence-corrected chi connectivity index (χ4v) is 1.81. The smallest absolute Gasteiger partial charge is 0.164 e. The highest BCUT2D eigenvalue weighted by molar-refractivity contribution is 5.50. The lowest BCUT2D eigenvalue weighted by Gasteiger charge is -2.20. The summed E-state index contributed by atoms with van der Waals surface area (Å²) in [5, 5.41) is 7.00. The van der Waals surface area contributed by atoms with Gasteiger partial charge in [0, 0.05) is 12.7 Å². The highest BCUT2D eigenvalue weighted by atomic mass is 16.6. The fraction of sp³-hybridized carbons (Fsp3) is 0.500. The maximum absolute atomic E-state index is 7.00. The van der Waals surface area contributed by atoms with Gasteiger partial charge in [-0.1, -0.05) is 12.1 Å². The van der Waals surface area contributed by atoms with Gasteiger partial charge in [0.2, 0.25) is 0 Å². The summed E-state index contributed by atoms with van der Waals surface area (Å²) in [5.41, 5.74) is 1.34. The lowest BCUT2D eigenvalue weighted by atomic mass is 10.1. The Morgan fingerprint density at radius 1 is 1.13 bits per heavy atom. The van der Waals surface area contributed by atoms with Gasteiger partial charge in [-0.05, 0) is 24.8 Å².